The van der Waals surface area contributed by atoms with E-state index in [-0.39, 0.29) is 29.9 Å². The average Bonchev–Trinajstić information content (AvgIpc) is 3.35. The van der Waals surface area contributed by atoms with E-state index in [1.54, 1.807) is 42.5 Å². The Hall–Kier alpha value is -4.14. The normalized spacial score (nSPS) is 17.6. The van der Waals surface area contributed by atoms with Gasteiger partial charge in [-0.05, 0) is 37.1 Å². The number of para-hydroxylation sites is 2. The lowest BCUT2D eigenvalue weighted by Crippen LogP contribution is -2.57. The molecule has 34 heavy (non-hydrogen) atoms. The molecular weight excluding hydrogens is 438 g/mol. The molecule has 2 aromatic carbocycles. The first-order valence-corrected chi connectivity index (χ1v) is 11.0. The number of amides is 5. The molecule has 0 aromatic heterocycles. The second-order valence-electron chi connectivity index (χ2n) is 8.01. The van der Waals surface area contributed by atoms with Gasteiger partial charge in [0.1, 0.15) is 5.57 Å². The molecule has 2 aliphatic rings. The van der Waals surface area contributed by atoms with Gasteiger partial charge in [0.2, 0.25) is 0 Å². The molecule has 1 aliphatic heterocycles. The van der Waals surface area contributed by atoms with E-state index in [0.717, 1.165) is 17.7 Å². The Morgan fingerprint density at radius 1 is 1.09 bits per heavy atom. The molecular formula is C25H25N3O6. The summed E-state index contributed by atoms with van der Waals surface area (Å²) < 4.78 is 11.1. The van der Waals surface area contributed by atoms with E-state index in [9.17, 15) is 19.2 Å². The number of imide groups is 2. The molecule has 2 N–H and O–H groups in total. The first kappa shape index (κ1) is 23.0. The number of methoxy groups -OCH3 is 1. The van der Waals surface area contributed by atoms with E-state index >= 15 is 0 Å². The Bertz CT molecular complexity index is 1140. The van der Waals surface area contributed by atoms with Crippen LogP contribution in [-0.2, 0) is 14.4 Å². The summed E-state index contributed by atoms with van der Waals surface area (Å²) in [7, 11) is 1.45. The number of benzene rings is 2. The van der Waals surface area contributed by atoms with Gasteiger partial charge in [-0.3, -0.25) is 24.6 Å². The summed E-state index contributed by atoms with van der Waals surface area (Å²) in [5, 5.41) is 4.98. The zero-order valence-electron chi connectivity index (χ0n) is 18.7. The monoisotopic (exact) mass is 463 g/mol. The maximum Gasteiger partial charge on any atom is 0.331 e. The second-order valence-corrected chi connectivity index (χ2v) is 8.01. The molecule has 9 heteroatoms. The van der Waals surface area contributed by atoms with Crippen molar-refractivity contribution in [3.05, 3.63) is 59.7 Å². The van der Waals surface area contributed by atoms with Crippen LogP contribution in [-0.4, -0.2) is 48.4 Å². The Kier molecular flexibility index (Phi) is 6.91. The van der Waals surface area contributed by atoms with Crippen LogP contribution >= 0.6 is 0 Å². The van der Waals surface area contributed by atoms with Crippen LogP contribution in [0.2, 0.25) is 0 Å². The highest BCUT2D eigenvalue weighted by Gasteiger charge is 2.40. The third-order valence-corrected chi connectivity index (χ3v) is 5.76. The summed E-state index contributed by atoms with van der Waals surface area (Å²) in [4.78, 5) is 51.5. The van der Waals surface area contributed by atoms with Crippen molar-refractivity contribution in [2.24, 2.45) is 0 Å². The largest absolute Gasteiger partial charge is 0.493 e. The van der Waals surface area contributed by atoms with Crippen molar-refractivity contribution >= 4 is 35.5 Å². The molecule has 1 saturated heterocycles. The summed E-state index contributed by atoms with van der Waals surface area (Å²) >= 11 is 0. The average molecular weight is 463 g/mol. The third-order valence-electron chi connectivity index (χ3n) is 5.76. The predicted molar refractivity (Wildman–Crippen MR) is 124 cm³/mol. The highest BCUT2D eigenvalue weighted by Crippen LogP contribution is 2.34. The van der Waals surface area contributed by atoms with Gasteiger partial charge in [-0.1, -0.05) is 43.2 Å². The molecule has 0 atom stereocenters. The predicted octanol–water partition coefficient (Wildman–Crippen LogP) is 3.12. The van der Waals surface area contributed by atoms with Gasteiger partial charge in [-0.25, -0.2) is 4.79 Å². The summed E-state index contributed by atoms with van der Waals surface area (Å²) in [5.74, 6) is -1.28. The van der Waals surface area contributed by atoms with Crippen molar-refractivity contribution in [1.29, 1.82) is 0 Å². The van der Waals surface area contributed by atoms with E-state index in [4.69, 9.17) is 9.47 Å². The Morgan fingerprint density at radius 2 is 1.82 bits per heavy atom. The minimum atomic E-state index is -0.778. The van der Waals surface area contributed by atoms with Gasteiger partial charge in [0.15, 0.2) is 18.1 Å². The summed E-state index contributed by atoms with van der Waals surface area (Å²) in [6.45, 7) is -0.321. The molecule has 0 spiro atoms. The highest BCUT2D eigenvalue weighted by atomic mass is 16.5. The van der Waals surface area contributed by atoms with Crippen LogP contribution in [0.3, 0.4) is 0 Å². The SMILES string of the molecule is COc1cccc(/C=C2\C(=O)NC(=O)N(C3CCCC3)C2=O)c1OCC(=O)Nc1ccccc1. The Morgan fingerprint density at radius 3 is 2.53 bits per heavy atom. The molecule has 1 aliphatic carbocycles. The van der Waals surface area contributed by atoms with Crippen molar-refractivity contribution in [2.45, 2.75) is 31.7 Å². The van der Waals surface area contributed by atoms with Crippen molar-refractivity contribution in [2.75, 3.05) is 19.0 Å². The van der Waals surface area contributed by atoms with E-state index < -0.39 is 17.8 Å². The second kappa shape index (κ2) is 10.2. The molecule has 0 unspecified atom stereocenters. The smallest absolute Gasteiger partial charge is 0.331 e. The summed E-state index contributed by atoms with van der Waals surface area (Å²) in [5.41, 5.74) is 0.809. The van der Waals surface area contributed by atoms with Gasteiger partial charge in [-0.2, -0.15) is 0 Å². The first-order valence-electron chi connectivity index (χ1n) is 11.0. The Balaban J connectivity index is 1.58. The van der Waals surface area contributed by atoms with Gasteiger partial charge in [0.05, 0.1) is 7.11 Å². The van der Waals surface area contributed by atoms with Crippen LogP contribution in [0.25, 0.3) is 6.08 Å². The van der Waals surface area contributed by atoms with Gasteiger partial charge in [-0.15, -0.1) is 0 Å². The fourth-order valence-electron chi connectivity index (χ4n) is 4.14. The molecule has 9 nitrogen and oxygen atoms in total. The van der Waals surface area contributed by atoms with E-state index in [1.807, 2.05) is 6.07 Å². The van der Waals surface area contributed by atoms with Crippen LogP contribution < -0.4 is 20.1 Å². The number of anilines is 1. The zero-order valence-corrected chi connectivity index (χ0v) is 18.7. The fraction of sp³-hybridized carbons (Fsp3) is 0.280. The zero-order chi connectivity index (χ0) is 24.1. The maximum atomic E-state index is 13.1. The maximum absolute atomic E-state index is 13.1. The lowest BCUT2D eigenvalue weighted by atomic mass is 10.0. The molecule has 176 valence electrons. The highest BCUT2D eigenvalue weighted by molar-refractivity contribution is 6.31. The van der Waals surface area contributed by atoms with E-state index in [2.05, 4.69) is 10.6 Å². The number of nitrogens with one attached hydrogen (secondary N) is 2. The molecule has 0 bridgehead atoms. The number of carbonyl (C=O) groups is 4. The molecule has 2 aromatic rings. The van der Waals surface area contributed by atoms with Gasteiger partial charge in [0.25, 0.3) is 17.7 Å². The van der Waals surface area contributed by atoms with Crippen LogP contribution in [0, 0.1) is 0 Å². The lowest BCUT2D eigenvalue weighted by Gasteiger charge is -2.31. The number of nitrogens with zero attached hydrogens (tertiary/aromatic N) is 1. The summed E-state index contributed by atoms with van der Waals surface area (Å²) in [6.07, 6.45) is 4.63. The topological polar surface area (TPSA) is 114 Å². The first-order chi connectivity index (χ1) is 16.5. The van der Waals surface area contributed by atoms with Crippen molar-refractivity contribution < 1.29 is 28.7 Å². The minimum absolute atomic E-state index is 0.182. The molecule has 2 fully saturated rings. The van der Waals surface area contributed by atoms with Crippen molar-refractivity contribution in [1.82, 2.24) is 10.2 Å². The van der Waals surface area contributed by atoms with Crippen LogP contribution in [0.5, 0.6) is 11.5 Å². The van der Waals surface area contributed by atoms with Gasteiger partial charge < -0.3 is 14.8 Å². The number of rotatable bonds is 7. The molecule has 0 radical (unpaired) electrons. The number of ether oxygens (including phenoxy) is 2. The molecule has 4 rings (SSSR count). The number of barbiturate groups is 1. The number of hydrogen-bond acceptors (Lipinski definition) is 6. The Labute approximate surface area is 196 Å². The quantitative estimate of drug-likeness (QED) is 0.482. The molecule has 1 saturated carbocycles. The number of hydrogen-bond donors (Lipinski definition) is 2. The fourth-order valence-corrected chi connectivity index (χ4v) is 4.14. The van der Waals surface area contributed by atoms with E-state index in [1.165, 1.54) is 13.2 Å². The van der Waals surface area contributed by atoms with Crippen molar-refractivity contribution in [3.8, 4) is 11.5 Å². The lowest BCUT2D eigenvalue weighted by molar-refractivity contribution is -0.131. The van der Waals surface area contributed by atoms with Crippen LogP contribution in [0.15, 0.2) is 54.1 Å². The summed E-state index contributed by atoms with van der Waals surface area (Å²) in [6, 6.07) is 13.0. The van der Waals surface area contributed by atoms with E-state index in [0.29, 0.717) is 29.8 Å². The standard InChI is InChI=1S/C25H25N3O6/c1-33-20-13-7-8-16(22(20)34-15-21(29)26-17-9-3-2-4-10-17)14-19-23(30)27-25(32)28(24(19)31)18-11-5-6-12-18/h2-4,7-10,13-14,18H,5-6,11-12,15H2,1H3,(H,26,29)(H,27,30,32)/b19-14+. The van der Waals surface area contributed by atoms with Crippen LogP contribution in [0.4, 0.5) is 10.5 Å². The van der Waals surface area contributed by atoms with Gasteiger partial charge >= 0.3 is 6.03 Å². The number of urea groups is 1. The number of carbonyl (C=O) groups excluding carboxylic acids is 4. The third kappa shape index (κ3) is 4.93. The van der Waals surface area contributed by atoms with Crippen molar-refractivity contribution in [3.63, 3.8) is 0 Å². The molecule has 5 amide bonds. The minimum Gasteiger partial charge on any atom is -0.493 e. The van der Waals surface area contributed by atoms with Crippen LogP contribution in [0.1, 0.15) is 31.2 Å². The molecule has 1 heterocycles. The van der Waals surface area contributed by atoms with Gasteiger partial charge in [0, 0.05) is 17.3 Å².